The molecule has 290 valence electrons. The lowest BCUT2D eigenvalue weighted by molar-refractivity contribution is -0.121. The summed E-state index contributed by atoms with van der Waals surface area (Å²) in [6.07, 6.45) is 3.79. The number of ether oxygens (including phenoxy) is 4. The van der Waals surface area contributed by atoms with Crippen molar-refractivity contribution in [2.75, 3.05) is 27.6 Å². The monoisotopic (exact) mass is 737 g/mol. The summed E-state index contributed by atoms with van der Waals surface area (Å²) in [4.78, 5) is 12.3. The van der Waals surface area contributed by atoms with E-state index in [0.29, 0.717) is 13.2 Å². The van der Waals surface area contributed by atoms with Crippen LogP contribution in [0.5, 0.6) is 5.75 Å². The molecule has 0 aliphatic rings. The van der Waals surface area contributed by atoms with Gasteiger partial charge in [-0.05, 0) is 73.2 Å². The van der Waals surface area contributed by atoms with Crippen molar-refractivity contribution in [2.24, 2.45) is 29.6 Å². The highest BCUT2D eigenvalue weighted by Crippen LogP contribution is 2.41. The smallest absolute Gasteiger partial charge is 0.192 e. The predicted molar refractivity (Wildman–Crippen MR) is 214 cm³/mol. The molecular weight excluding hydrogens is 661 g/mol. The first kappa shape index (κ1) is 46.7. The summed E-state index contributed by atoms with van der Waals surface area (Å²) in [5, 5.41) is 0.186. The third-order valence-electron chi connectivity index (χ3n) is 11.3. The van der Waals surface area contributed by atoms with E-state index < -0.39 is 16.6 Å². The van der Waals surface area contributed by atoms with Crippen molar-refractivity contribution in [1.82, 2.24) is 0 Å². The number of benzene rings is 1. The summed E-state index contributed by atoms with van der Waals surface area (Å²) >= 11 is 0. The lowest BCUT2D eigenvalue weighted by Gasteiger charge is -2.45. The minimum Gasteiger partial charge on any atom is -0.497 e. The SMILES string of the molecule is COCO[C@H]([C@@H](C)/C=C(/C)C[C@H](C)[C@@H](O[Si](C)(C)C(C)(C)C)[C@H](C)[C@@H](OCc1ccc(OC)cc1)[C@@H](C)C=O)[C@@H](C)CO[Si](C)(C)C(C)(C)C. The topological polar surface area (TPSA) is 72.5 Å². The first-order valence-electron chi connectivity index (χ1n) is 18.7. The summed E-state index contributed by atoms with van der Waals surface area (Å²) in [6, 6.07) is 7.90. The molecule has 0 saturated heterocycles. The van der Waals surface area contributed by atoms with Gasteiger partial charge in [-0.2, -0.15) is 0 Å². The number of hydrogen-bond acceptors (Lipinski definition) is 7. The average molecular weight is 737 g/mol. The van der Waals surface area contributed by atoms with Gasteiger partial charge < -0.3 is 32.6 Å². The van der Waals surface area contributed by atoms with Crippen LogP contribution in [0.1, 0.15) is 95.1 Å². The van der Waals surface area contributed by atoms with Crippen LogP contribution in [0, 0.1) is 29.6 Å². The molecule has 0 spiro atoms. The zero-order valence-electron chi connectivity index (χ0n) is 35.3. The van der Waals surface area contributed by atoms with Crippen molar-refractivity contribution < 1.29 is 32.6 Å². The number of carbonyl (C=O) groups is 1. The van der Waals surface area contributed by atoms with Crippen LogP contribution < -0.4 is 4.74 Å². The van der Waals surface area contributed by atoms with Gasteiger partial charge in [0.1, 0.15) is 18.8 Å². The molecule has 7 nitrogen and oxygen atoms in total. The van der Waals surface area contributed by atoms with Crippen LogP contribution in [-0.4, -0.2) is 68.9 Å². The largest absolute Gasteiger partial charge is 0.497 e. The van der Waals surface area contributed by atoms with Gasteiger partial charge in [-0.1, -0.05) is 99.9 Å². The van der Waals surface area contributed by atoms with Crippen molar-refractivity contribution in [1.29, 1.82) is 0 Å². The van der Waals surface area contributed by atoms with Crippen LogP contribution in [0.2, 0.25) is 36.3 Å². The van der Waals surface area contributed by atoms with Gasteiger partial charge in [-0.25, -0.2) is 0 Å². The highest BCUT2D eigenvalue weighted by atomic mass is 28.4. The Morgan fingerprint density at radius 1 is 0.760 bits per heavy atom. The van der Waals surface area contributed by atoms with E-state index in [2.05, 4.69) is 108 Å². The Bertz CT molecular complexity index is 1150. The van der Waals surface area contributed by atoms with Crippen LogP contribution in [0.4, 0.5) is 0 Å². The van der Waals surface area contributed by atoms with Crippen LogP contribution in [0.25, 0.3) is 0 Å². The van der Waals surface area contributed by atoms with Gasteiger partial charge in [-0.15, -0.1) is 0 Å². The molecule has 0 aliphatic heterocycles. The normalized spacial score (nSPS) is 18.5. The molecular formula is C41H76O7Si2. The minimum absolute atomic E-state index is 0.0203. The van der Waals surface area contributed by atoms with Crippen molar-refractivity contribution in [3.05, 3.63) is 41.5 Å². The Morgan fingerprint density at radius 3 is 1.80 bits per heavy atom. The van der Waals surface area contributed by atoms with E-state index in [-0.39, 0.29) is 64.8 Å². The molecule has 0 radical (unpaired) electrons. The third-order valence-corrected chi connectivity index (χ3v) is 20.3. The highest BCUT2D eigenvalue weighted by Gasteiger charge is 2.44. The fourth-order valence-corrected chi connectivity index (χ4v) is 8.68. The summed E-state index contributed by atoms with van der Waals surface area (Å²) < 4.78 is 37.5. The summed E-state index contributed by atoms with van der Waals surface area (Å²) in [5.41, 5.74) is 2.33. The summed E-state index contributed by atoms with van der Waals surface area (Å²) in [6.45, 7) is 37.3. The number of methoxy groups -OCH3 is 2. The quantitative estimate of drug-likeness (QED) is 0.0508. The summed E-state index contributed by atoms with van der Waals surface area (Å²) in [5.74, 6) is 1.03. The second-order valence-corrected chi connectivity index (χ2v) is 27.5. The van der Waals surface area contributed by atoms with Gasteiger partial charge in [0.25, 0.3) is 0 Å². The zero-order valence-corrected chi connectivity index (χ0v) is 37.3. The molecule has 1 aromatic carbocycles. The number of hydrogen-bond donors (Lipinski definition) is 0. The minimum atomic E-state index is -2.17. The van der Waals surface area contributed by atoms with E-state index in [4.69, 9.17) is 27.8 Å². The van der Waals surface area contributed by atoms with Gasteiger partial charge in [-0.3, -0.25) is 0 Å². The maximum absolute atomic E-state index is 12.3. The zero-order chi connectivity index (χ0) is 38.7. The molecule has 50 heavy (non-hydrogen) atoms. The molecule has 0 N–H and O–H groups in total. The second kappa shape index (κ2) is 20.2. The standard InChI is InChI=1S/C41H76O7Si2/c1-29(23-30(2)37(46-28-43-13)33(5)26-47-49(15,16)40(7,8)9)24-31(3)39(48-50(17,18)41(10,11)12)34(6)38(32(4)25-42)45-27-35-19-21-36(44-14)22-20-35/h19-23,25,30-34,37-39H,24,26-28H2,1-18H3/b29-23-/t30-,31-,32-,33-,34+,37+,38-,39+/m0/s1. The van der Waals surface area contributed by atoms with Crippen molar-refractivity contribution in [3.63, 3.8) is 0 Å². The van der Waals surface area contributed by atoms with Crippen molar-refractivity contribution in [3.8, 4) is 5.75 Å². The van der Waals surface area contributed by atoms with Crippen molar-refractivity contribution in [2.45, 2.75) is 151 Å². The Kier molecular flexibility index (Phi) is 18.9. The Labute approximate surface area is 309 Å². The third kappa shape index (κ3) is 14.2. The van der Waals surface area contributed by atoms with Gasteiger partial charge in [0.05, 0.1) is 32.0 Å². The predicted octanol–water partition coefficient (Wildman–Crippen LogP) is 10.7. The number of aldehydes is 1. The fraction of sp³-hybridized carbons (Fsp3) is 0.780. The van der Waals surface area contributed by atoms with Gasteiger partial charge in [0, 0.05) is 37.4 Å². The Morgan fingerprint density at radius 2 is 1.32 bits per heavy atom. The first-order chi connectivity index (χ1) is 22.9. The average Bonchev–Trinajstić information content (AvgIpc) is 3.01. The molecule has 9 heteroatoms. The van der Waals surface area contributed by atoms with Crippen LogP contribution in [0.3, 0.4) is 0 Å². The van der Waals surface area contributed by atoms with Gasteiger partial charge in [0.15, 0.2) is 16.6 Å². The van der Waals surface area contributed by atoms with Gasteiger partial charge >= 0.3 is 0 Å². The maximum atomic E-state index is 12.3. The highest BCUT2D eigenvalue weighted by molar-refractivity contribution is 6.74. The number of allylic oxidation sites excluding steroid dienone is 1. The Hall–Kier alpha value is -1.34. The molecule has 0 aromatic heterocycles. The molecule has 0 fully saturated rings. The van der Waals surface area contributed by atoms with E-state index >= 15 is 0 Å². The van der Waals surface area contributed by atoms with E-state index in [1.807, 2.05) is 31.2 Å². The van der Waals surface area contributed by atoms with Gasteiger partial charge in [0.2, 0.25) is 0 Å². The Balaban J connectivity index is 3.35. The first-order valence-corrected chi connectivity index (χ1v) is 24.5. The molecule has 1 rings (SSSR count). The lowest BCUT2D eigenvalue weighted by atomic mass is 9.81. The lowest BCUT2D eigenvalue weighted by Crippen LogP contribution is -2.50. The van der Waals surface area contributed by atoms with Crippen LogP contribution in [0.15, 0.2) is 35.9 Å². The van der Waals surface area contributed by atoms with E-state index in [0.717, 1.165) is 24.0 Å². The van der Waals surface area contributed by atoms with Crippen molar-refractivity contribution >= 4 is 22.9 Å². The molecule has 1 aromatic rings. The van der Waals surface area contributed by atoms with E-state index in [9.17, 15) is 4.79 Å². The van der Waals surface area contributed by atoms with Crippen LogP contribution in [-0.2, 0) is 34.5 Å². The molecule has 0 bridgehead atoms. The fourth-order valence-electron chi connectivity index (χ4n) is 6.09. The number of carbonyl (C=O) groups excluding carboxylic acids is 1. The van der Waals surface area contributed by atoms with E-state index in [1.54, 1.807) is 14.2 Å². The second-order valence-electron chi connectivity index (χ2n) is 18.0. The molecule has 0 heterocycles. The molecule has 8 atom stereocenters. The molecule has 0 unspecified atom stereocenters. The number of rotatable bonds is 22. The summed E-state index contributed by atoms with van der Waals surface area (Å²) in [7, 11) is -0.729. The maximum Gasteiger partial charge on any atom is 0.192 e. The molecule has 0 saturated carbocycles. The molecule has 0 amide bonds. The molecule has 0 aliphatic carbocycles. The van der Waals surface area contributed by atoms with Crippen LogP contribution >= 0.6 is 0 Å². The van der Waals surface area contributed by atoms with E-state index in [1.165, 1.54) is 5.57 Å².